The normalized spacial score (nSPS) is 15.4. The van der Waals surface area contributed by atoms with E-state index in [-0.39, 0.29) is 6.10 Å². The van der Waals surface area contributed by atoms with E-state index >= 15 is 0 Å². The Morgan fingerprint density at radius 1 is 1.37 bits per heavy atom. The summed E-state index contributed by atoms with van der Waals surface area (Å²) in [5, 5.41) is 1.24. The smallest absolute Gasteiger partial charge is 0.404 e. The van der Waals surface area contributed by atoms with Gasteiger partial charge in [-0.1, -0.05) is 48.2 Å². The molecule has 1 saturated carbocycles. The van der Waals surface area contributed by atoms with Crippen LogP contribution in [0.25, 0.3) is 10.4 Å². The van der Waals surface area contributed by atoms with Gasteiger partial charge in [0.2, 0.25) is 0 Å². The average molecular weight is 517 g/mol. The lowest BCUT2D eigenvalue weighted by Gasteiger charge is -2.18. The zero-order valence-corrected chi connectivity index (χ0v) is 20.9. The fourth-order valence-corrected chi connectivity index (χ4v) is 5.98. The second kappa shape index (κ2) is 12.5. The van der Waals surface area contributed by atoms with E-state index in [1.54, 1.807) is 25.2 Å². The summed E-state index contributed by atoms with van der Waals surface area (Å²) in [5.74, 6) is 0.612. The van der Waals surface area contributed by atoms with Gasteiger partial charge in [-0.2, -0.15) is 0 Å². The van der Waals surface area contributed by atoms with Crippen LogP contribution < -0.4 is 10.5 Å². The minimum absolute atomic E-state index is 0.0995. The molecule has 1 unspecified atom stereocenters. The van der Waals surface area contributed by atoms with Crippen molar-refractivity contribution in [3.8, 4) is 10.4 Å². The van der Waals surface area contributed by atoms with Crippen molar-refractivity contribution >= 4 is 44.3 Å². The van der Waals surface area contributed by atoms with Crippen LogP contribution in [0, 0.1) is 0 Å². The number of benzene rings is 1. The fraction of sp³-hybridized carbons (Fsp3) is 0.524. The number of nitrogens with zero attached hydrogens (tertiary/aromatic N) is 1. The summed E-state index contributed by atoms with van der Waals surface area (Å²) in [4.78, 5) is 16.4. The summed E-state index contributed by atoms with van der Waals surface area (Å²) in [6.07, 6.45) is 7.62. The van der Waals surface area contributed by atoms with E-state index in [4.69, 9.17) is 0 Å². The summed E-state index contributed by atoms with van der Waals surface area (Å²) >= 11 is 5.24. The van der Waals surface area contributed by atoms with Gasteiger partial charge in [-0.3, -0.25) is 0 Å². The van der Waals surface area contributed by atoms with Gasteiger partial charge in [-0.05, 0) is 38.8 Å². The summed E-state index contributed by atoms with van der Waals surface area (Å²) in [7, 11) is -1.20. The standard InChI is InChI=1S/C17H21BrN2OS2.C4H9NO2/c1-2-20-23(21)16-10-13(18)8-9-14(16)15-11-19-17(22-15)12-6-4-3-5-7-12;1-3(2)7-4(5)6/h8-12,20H,2-7H2,1H3;3H,1-2H3,(H2,5,6). The lowest BCUT2D eigenvalue weighted by Crippen LogP contribution is -2.17. The van der Waals surface area contributed by atoms with Crippen molar-refractivity contribution in [1.82, 2.24) is 9.71 Å². The molecule has 0 bridgehead atoms. The SMILES string of the molecule is CC(C)OC(N)=O.CCNS(=O)c1cc(Br)ccc1-c1cnc(C2CCCCC2)s1. The molecule has 30 heavy (non-hydrogen) atoms. The van der Waals surface area contributed by atoms with Crippen LogP contribution in [0.2, 0.25) is 0 Å². The van der Waals surface area contributed by atoms with Crippen molar-refractivity contribution in [2.24, 2.45) is 5.73 Å². The number of hydrogen-bond donors (Lipinski definition) is 2. The van der Waals surface area contributed by atoms with Gasteiger partial charge in [-0.15, -0.1) is 11.3 Å². The number of halogens is 1. The van der Waals surface area contributed by atoms with Gasteiger partial charge in [0, 0.05) is 28.7 Å². The summed E-state index contributed by atoms with van der Waals surface area (Å²) in [5.41, 5.74) is 5.65. The fourth-order valence-electron chi connectivity index (χ4n) is 3.24. The Morgan fingerprint density at radius 3 is 2.63 bits per heavy atom. The lowest BCUT2D eigenvalue weighted by atomic mass is 9.90. The number of primary amides is 1. The Labute approximate surface area is 193 Å². The van der Waals surface area contributed by atoms with Crippen LogP contribution in [-0.4, -0.2) is 27.9 Å². The van der Waals surface area contributed by atoms with E-state index < -0.39 is 17.1 Å². The third-order valence-electron chi connectivity index (χ3n) is 4.51. The first-order chi connectivity index (χ1) is 14.3. The molecule has 1 fully saturated rings. The van der Waals surface area contributed by atoms with E-state index in [2.05, 4.69) is 36.1 Å². The van der Waals surface area contributed by atoms with Crippen molar-refractivity contribution in [3.63, 3.8) is 0 Å². The third kappa shape index (κ3) is 7.76. The predicted molar refractivity (Wildman–Crippen MR) is 127 cm³/mol. The molecule has 3 N–H and O–H groups in total. The van der Waals surface area contributed by atoms with Crippen LogP contribution in [0.3, 0.4) is 0 Å². The number of nitrogens with two attached hydrogens (primary N) is 1. The van der Waals surface area contributed by atoms with Crippen LogP contribution in [0.4, 0.5) is 4.79 Å². The Kier molecular flexibility index (Phi) is 10.4. The summed E-state index contributed by atoms with van der Waals surface area (Å²) < 4.78 is 20.8. The first-order valence-electron chi connectivity index (χ1n) is 10.2. The van der Waals surface area contributed by atoms with E-state index in [1.807, 2.05) is 31.3 Å². The first-order valence-corrected chi connectivity index (χ1v) is 12.9. The molecule has 1 heterocycles. The number of carbonyl (C=O) groups is 1. The van der Waals surface area contributed by atoms with Crippen LogP contribution >= 0.6 is 27.3 Å². The van der Waals surface area contributed by atoms with E-state index in [0.29, 0.717) is 12.5 Å². The van der Waals surface area contributed by atoms with Gasteiger partial charge < -0.3 is 10.5 Å². The third-order valence-corrected chi connectivity index (χ3v) is 7.49. The topological polar surface area (TPSA) is 94.3 Å². The maximum absolute atomic E-state index is 12.5. The number of aromatic nitrogens is 1. The van der Waals surface area contributed by atoms with Gasteiger partial charge >= 0.3 is 6.09 Å². The number of ether oxygens (including phenoxy) is 1. The second-order valence-electron chi connectivity index (χ2n) is 7.29. The highest BCUT2D eigenvalue weighted by Gasteiger charge is 2.20. The van der Waals surface area contributed by atoms with Gasteiger partial charge in [0.1, 0.15) is 11.0 Å². The van der Waals surface area contributed by atoms with Crippen LogP contribution in [0.1, 0.15) is 63.8 Å². The van der Waals surface area contributed by atoms with E-state index in [9.17, 15) is 9.00 Å². The molecule has 0 radical (unpaired) electrons. The number of nitrogens with one attached hydrogen (secondary N) is 1. The summed E-state index contributed by atoms with van der Waals surface area (Å²) in [6, 6.07) is 5.98. The molecule has 1 amide bonds. The molecule has 1 atom stereocenters. The minimum atomic E-state index is -1.20. The zero-order chi connectivity index (χ0) is 22.1. The molecule has 1 aliphatic rings. The largest absolute Gasteiger partial charge is 0.447 e. The molecule has 6 nitrogen and oxygen atoms in total. The molecule has 166 valence electrons. The molecule has 0 aliphatic heterocycles. The Bertz CT molecular complexity index is 852. The van der Waals surface area contributed by atoms with Crippen LogP contribution in [-0.2, 0) is 15.7 Å². The highest BCUT2D eigenvalue weighted by Crippen LogP contribution is 2.39. The van der Waals surface area contributed by atoms with Gasteiger partial charge in [0.05, 0.1) is 20.9 Å². The Morgan fingerprint density at radius 2 is 2.07 bits per heavy atom. The molecule has 2 aromatic rings. The van der Waals surface area contributed by atoms with E-state index in [1.165, 1.54) is 37.1 Å². The second-order valence-corrected chi connectivity index (χ2v) is 10.5. The first kappa shape index (κ1) is 25.0. The van der Waals surface area contributed by atoms with Crippen molar-refractivity contribution in [2.45, 2.75) is 69.8 Å². The number of thiazole rings is 1. The maximum Gasteiger partial charge on any atom is 0.404 e. The van der Waals surface area contributed by atoms with Crippen molar-refractivity contribution in [2.75, 3.05) is 6.54 Å². The molecule has 9 heteroatoms. The molecule has 0 saturated heterocycles. The van der Waals surface area contributed by atoms with Gasteiger partial charge in [0.25, 0.3) is 0 Å². The molecular weight excluding hydrogens is 486 g/mol. The van der Waals surface area contributed by atoms with Crippen LogP contribution in [0.15, 0.2) is 33.8 Å². The van der Waals surface area contributed by atoms with E-state index in [0.717, 1.165) is 19.8 Å². The predicted octanol–water partition coefficient (Wildman–Crippen LogP) is 5.74. The van der Waals surface area contributed by atoms with Gasteiger partial charge in [-0.25, -0.2) is 18.7 Å². The molecule has 1 aromatic heterocycles. The zero-order valence-electron chi connectivity index (χ0n) is 17.7. The maximum atomic E-state index is 12.5. The molecule has 1 aromatic carbocycles. The Hall–Kier alpha value is -1.29. The van der Waals surface area contributed by atoms with Crippen molar-refractivity contribution in [1.29, 1.82) is 0 Å². The minimum Gasteiger partial charge on any atom is -0.447 e. The number of carbonyl (C=O) groups excluding carboxylic acids is 1. The highest BCUT2D eigenvalue weighted by atomic mass is 79.9. The number of rotatable bonds is 6. The summed E-state index contributed by atoms with van der Waals surface area (Å²) in [6.45, 7) is 6.12. The molecule has 1 aliphatic carbocycles. The monoisotopic (exact) mass is 515 g/mol. The van der Waals surface area contributed by atoms with Crippen molar-refractivity contribution < 1.29 is 13.7 Å². The number of amides is 1. The average Bonchev–Trinajstić information content (AvgIpc) is 3.18. The molecule has 3 rings (SSSR count). The number of hydrogen-bond acceptors (Lipinski definition) is 5. The van der Waals surface area contributed by atoms with Crippen LogP contribution in [0.5, 0.6) is 0 Å². The molecular formula is C21H30BrN3O3S2. The van der Waals surface area contributed by atoms with Gasteiger partial charge in [0.15, 0.2) is 0 Å². The highest BCUT2D eigenvalue weighted by molar-refractivity contribution is 9.10. The Balaban J connectivity index is 0.000000396. The van der Waals surface area contributed by atoms with Crippen molar-refractivity contribution in [3.05, 3.63) is 33.9 Å². The lowest BCUT2D eigenvalue weighted by molar-refractivity contribution is 0.125. The molecule has 0 spiro atoms. The quantitative estimate of drug-likeness (QED) is 0.512.